The number of halogens is 3. The lowest BCUT2D eigenvalue weighted by Gasteiger charge is -2.27. The number of aromatic nitrogens is 3. The number of ether oxygens (including phenoxy) is 2. The van der Waals surface area contributed by atoms with Crippen LogP contribution in [-0.2, 0) is 10.9 Å². The van der Waals surface area contributed by atoms with Crippen LogP contribution in [-0.4, -0.2) is 54.6 Å². The Morgan fingerprint density at radius 1 is 1.03 bits per heavy atom. The molecule has 2 heterocycles. The molecule has 34 heavy (non-hydrogen) atoms. The van der Waals surface area contributed by atoms with Crippen LogP contribution in [0.25, 0.3) is 0 Å². The van der Waals surface area contributed by atoms with E-state index in [0.29, 0.717) is 38.0 Å². The lowest BCUT2D eigenvalue weighted by Crippen LogP contribution is -2.37. The third-order valence-electron chi connectivity index (χ3n) is 4.86. The number of morpholine rings is 1. The molecule has 0 unspecified atom stereocenters. The number of hydrogen-bond donors (Lipinski definition) is 2. The van der Waals surface area contributed by atoms with E-state index in [2.05, 4.69) is 30.8 Å². The molecule has 0 radical (unpaired) electrons. The molecule has 0 atom stereocenters. The van der Waals surface area contributed by atoms with Gasteiger partial charge in [0.2, 0.25) is 17.8 Å². The monoisotopic (exact) mass is 473 g/mol. The number of hydrogen-bond acceptors (Lipinski definition) is 9. The van der Waals surface area contributed by atoms with Gasteiger partial charge in [-0.05, 0) is 42.0 Å². The van der Waals surface area contributed by atoms with Crippen LogP contribution >= 0.6 is 0 Å². The van der Waals surface area contributed by atoms with E-state index in [4.69, 9.17) is 9.47 Å². The summed E-state index contributed by atoms with van der Waals surface area (Å²) in [7, 11) is 1.58. The minimum Gasteiger partial charge on any atom is -0.497 e. The van der Waals surface area contributed by atoms with Gasteiger partial charge in [-0.3, -0.25) is 0 Å². The quantitative estimate of drug-likeness (QED) is 0.394. The van der Waals surface area contributed by atoms with Crippen molar-refractivity contribution in [2.24, 2.45) is 5.10 Å². The van der Waals surface area contributed by atoms with Gasteiger partial charge < -0.3 is 19.7 Å². The Morgan fingerprint density at radius 2 is 1.76 bits per heavy atom. The summed E-state index contributed by atoms with van der Waals surface area (Å²) in [4.78, 5) is 15.2. The van der Waals surface area contributed by atoms with Crippen molar-refractivity contribution in [2.45, 2.75) is 6.18 Å². The average Bonchev–Trinajstić information content (AvgIpc) is 2.85. The van der Waals surface area contributed by atoms with E-state index in [1.807, 2.05) is 17.0 Å². The van der Waals surface area contributed by atoms with Crippen molar-refractivity contribution >= 4 is 29.7 Å². The first-order valence-electron chi connectivity index (χ1n) is 10.4. The molecule has 2 N–H and O–H groups in total. The van der Waals surface area contributed by atoms with Crippen molar-refractivity contribution in [1.82, 2.24) is 15.0 Å². The van der Waals surface area contributed by atoms with Gasteiger partial charge in [0.1, 0.15) is 5.75 Å². The summed E-state index contributed by atoms with van der Waals surface area (Å²) in [6.07, 6.45) is -3.16. The molecule has 3 aromatic rings. The van der Waals surface area contributed by atoms with Gasteiger partial charge >= 0.3 is 6.18 Å². The number of alkyl halides is 3. The Labute approximate surface area is 193 Å². The summed E-state index contributed by atoms with van der Waals surface area (Å²) in [6, 6.07) is 12.1. The zero-order chi connectivity index (χ0) is 24.0. The minimum absolute atomic E-state index is 0.135. The highest BCUT2D eigenvalue weighted by Crippen LogP contribution is 2.29. The van der Waals surface area contributed by atoms with Crippen LogP contribution in [0.2, 0.25) is 0 Å². The fraction of sp³-hybridized carbons (Fsp3) is 0.273. The second kappa shape index (κ2) is 10.3. The van der Waals surface area contributed by atoms with Crippen LogP contribution in [0.1, 0.15) is 11.1 Å². The third-order valence-corrected chi connectivity index (χ3v) is 4.86. The number of methoxy groups -OCH3 is 1. The topological polar surface area (TPSA) is 96.8 Å². The van der Waals surface area contributed by atoms with Gasteiger partial charge in [0, 0.05) is 18.8 Å². The minimum atomic E-state index is -4.43. The molecule has 1 aliphatic heterocycles. The maximum absolute atomic E-state index is 12.9. The molecule has 0 aliphatic carbocycles. The zero-order valence-corrected chi connectivity index (χ0v) is 18.2. The van der Waals surface area contributed by atoms with Crippen LogP contribution in [0.4, 0.5) is 36.7 Å². The number of rotatable bonds is 7. The third kappa shape index (κ3) is 6.10. The average molecular weight is 473 g/mol. The summed E-state index contributed by atoms with van der Waals surface area (Å²) in [5.41, 5.74) is 2.94. The van der Waals surface area contributed by atoms with Crippen LogP contribution in [0.15, 0.2) is 53.6 Å². The molecule has 9 nitrogen and oxygen atoms in total. The van der Waals surface area contributed by atoms with Gasteiger partial charge in [0.25, 0.3) is 0 Å². The van der Waals surface area contributed by atoms with Crippen LogP contribution in [0, 0.1) is 0 Å². The van der Waals surface area contributed by atoms with Crippen molar-refractivity contribution in [3.63, 3.8) is 0 Å². The molecule has 1 fully saturated rings. The number of hydrazone groups is 1. The van der Waals surface area contributed by atoms with Crippen molar-refractivity contribution in [3.05, 3.63) is 59.7 Å². The molecule has 178 valence electrons. The molecule has 1 saturated heterocycles. The molecule has 12 heteroatoms. The Kier molecular flexibility index (Phi) is 7.07. The van der Waals surface area contributed by atoms with E-state index in [1.165, 1.54) is 18.3 Å². The second-order valence-electron chi connectivity index (χ2n) is 7.23. The van der Waals surface area contributed by atoms with Crippen molar-refractivity contribution in [1.29, 1.82) is 0 Å². The smallest absolute Gasteiger partial charge is 0.416 e. The zero-order valence-electron chi connectivity index (χ0n) is 18.2. The largest absolute Gasteiger partial charge is 0.497 e. The molecule has 0 bridgehead atoms. The highest BCUT2D eigenvalue weighted by atomic mass is 19.4. The van der Waals surface area contributed by atoms with E-state index in [0.717, 1.165) is 17.8 Å². The van der Waals surface area contributed by atoms with Crippen molar-refractivity contribution in [2.75, 3.05) is 49.1 Å². The molecular weight excluding hydrogens is 451 g/mol. The van der Waals surface area contributed by atoms with Gasteiger partial charge in [0.05, 0.1) is 32.1 Å². The molecule has 0 saturated carbocycles. The number of nitrogens with one attached hydrogen (secondary N) is 2. The van der Waals surface area contributed by atoms with Crippen LogP contribution in [0.5, 0.6) is 5.75 Å². The van der Waals surface area contributed by atoms with Gasteiger partial charge in [-0.2, -0.15) is 33.2 Å². The molecule has 0 spiro atoms. The number of benzene rings is 2. The molecule has 1 aliphatic rings. The van der Waals surface area contributed by atoms with E-state index in [1.54, 1.807) is 19.2 Å². The van der Waals surface area contributed by atoms with Gasteiger partial charge in [-0.15, -0.1) is 0 Å². The predicted molar refractivity (Wildman–Crippen MR) is 122 cm³/mol. The first kappa shape index (κ1) is 23.2. The Bertz CT molecular complexity index is 1130. The molecule has 2 aromatic carbocycles. The Balaban J connectivity index is 1.55. The summed E-state index contributed by atoms with van der Waals surface area (Å²) in [6.45, 7) is 2.31. The highest BCUT2D eigenvalue weighted by molar-refractivity contribution is 5.80. The molecular formula is C22H22F3N7O2. The standard InChI is InChI=1S/C22H22F3N7O2/c1-33-18-7-5-17(6-8-18)27-19-28-20(30-21(29-19)32-9-11-34-12-10-32)31-26-14-15-3-2-4-16(13-15)22(23,24)25/h2-8,13-14H,9-12H2,1H3,(H2,27,28,29,30,31)/b26-14+. The predicted octanol–water partition coefficient (Wildman–Crippen LogP) is 3.93. The Morgan fingerprint density at radius 3 is 2.47 bits per heavy atom. The van der Waals surface area contributed by atoms with Gasteiger partial charge in [-0.1, -0.05) is 12.1 Å². The molecule has 4 rings (SSSR count). The lowest BCUT2D eigenvalue weighted by atomic mass is 10.1. The summed E-state index contributed by atoms with van der Waals surface area (Å²) < 4.78 is 49.3. The van der Waals surface area contributed by atoms with Crippen molar-refractivity contribution < 1.29 is 22.6 Å². The fourth-order valence-corrected chi connectivity index (χ4v) is 3.14. The number of anilines is 4. The Hall–Kier alpha value is -3.93. The van der Waals surface area contributed by atoms with E-state index in [-0.39, 0.29) is 17.5 Å². The normalized spacial score (nSPS) is 14.3. The van der Waals surface area contributed by atoms with Crippen LogP contribution < -0.4 is 20.4 Å². The molecule has 0 amide bonds. The lowest BCUT2D eigenvalue weighted by molar-refractivity contribution is -0.137. The van der Waals surface area contributed by atoms with E-state index in [9.17, 15) is 13.2 Å². The van der Waals surface area contributed by atoms with Crippen LogP contribution in [0.3, 0.4) is 0 Å². The summed E-state index contributed by atoms with van der Waals surface area (Å²) >= 11 is 0. The maximum atomic E-state index is 12.9. The molecule has 1 aromatic heterocycles. The van der Waals surface area contributed by atoms with E-state index >= 15 is 0 Å². The summed E-state index contributed by atoms with van der Waals surface area (Å²) in [5, 5.41) is 7.12. The fourth-order valence-electron chi connectivity index (χ4n) is 3.14. The maximum Gasteiger partial charge on any atom is 0.416 e. The first-order chi connectivity index (χ1) is 16.4. The van der Waals surface area contributed by atoms with Gasteiger partial charge in [-0.25, -0.2) is 5.43 Å². The second-order valence-corrected chi connectivity index (χ2v) is 7.23. The van der Waals surface area contributed by atoms with Gasteiger partial charge in [0.15, 0.2) is 0 Å². The first-order valence-corrected chi connectivity index (χ1v) is 10.4. The SMILES string of the molecule is COc1ccc(Nc2nc(N/N=C/c3cccc(C(F)(F)F)c3)nc(N3CCOCC3)n2)cc1. The summed E-state index contributed by atoms with van der Waals surface area (Å²) in [5.74, 6) is 1.54. The number of nitrogens with zero attached hydrogens (tertiary/aromatic N) is 5. The van der Waals surface area contributed by atoms with E-state index < -0.39 is 11.7 Å². The van der Waals surface area contributed by atoms with Crippen molar-refractivity contribution in [3.8, 4) is 5.75 Å². The highest BCUT2D eigenvalue weighted by Gasteiger charge is 2.30.